The molecule has 22 heavy (non-hydrogen) atoms. The van der Waals surface area contributed by atoms with E-state index in [0.29, 0.717) is 24.3 Å². The molecule has 1 aliphatic rings. The van der Waals surface area contributed by atoms with E-state index in [4.69, 9.17) is 4.74 Å². The Labute approximate surface area is 129 Å². The van der Waals surface area contributed by atoms with Crippen molar-refractivity contribution in [3.8, 4) is 5.75 Å². The third kappa shape index (κ3) is 2.72. The van der Waals surface area contributed by atoms with Crippen molar-refractivity contribution in [2.75, 3.05) is 7.11 Å². The van der Waals surface area contributed by atoms with Crippen LogP contribution < -0.4 is 10.1 Å². The molecular formula is C18H17NO3. The maximum absolute atomic E-state index is 12.3. The van der Waals surface area contributed by atoms with Crippen molar-refractivity contribution in [3.63, 3.8) is 0 Å². The molecule has 1 atom stereocenters. The van der Waals surface area contributed by atoms with E-state index < -0.39 is 5.92 Å². The number of amides is 1. The average molecular weight is 295 g/mol. The van der Waals surface area contributed by atoms with E-state index in [1.807, 2.05) is 36.4 Å². The molecule has 0 aromatic heterocycles. The van der Waals surface area contributed by atoms with Gasteiger partial charge in [0.2, 0.25) is 5.91 Å². The van der Waals surface area contributed by atoms with Crippen molar-refractivity contribution >= 4 is 11.7 Å². The summed E-state index contributed by atoms with van der Waals surface area (Å²) in [4.78, 5) is 24.6. The fourth-order valence-corrected chi connectivity index (χ4v) is 2.73. The van der Waals surface area contributed by atoms with Gasteiger partial charge >= 0.3 is 0 Å². The van der Waals surface area contributed by atoms with Crippen LogP contribution in [-0.4, -0.2) is 18.8 Å². The van der Waals surface area contributed by atoms with E-state index >= 15 is 0 Å². The van der Waals surface area contributed by atoms with Crippen LogP contribution in [0.2, 0.25) is 0 Å². The average Bonchev–Trinajstić information content (AvgIpc) is 2.90. The van der Waals surface area contributed by atoms with E-state index in [0.717, 1.165) is 11.1 Å². The molecule has 4 heteroatoms. The van der Waals surface area contributed by atoms with Crippen LogP contribution in [0.3, 0.4) is 0 Å². The normalized spacial score (nSPS) is 16.2. The lowest BCUT2D eigenvalue weighted by Crippen LogP contribution is -2.33. The number of rotatable bonds is 4. The lowest BCUT2D eigenvalue weighted by molar-refractivity contribution is -0.123. The van der Waals surface area contributed by atoms with Gasteiger partial charge in [0.1, 0.15) is 11.7 Å². The van der Waals surface area contributed by atoms with Crippen LogP contribution in [0.1, 0.15) is 21.5 Å². The van der Waals surface area contributed by atoms with Gasteiger partial charge in [-0.15, -0.1) is 0 Å². The Morgan fingerprint density at radius 1 is 1.23 bits per heavy atom. The van der Waals surface area contributed by atoms with Gasteiger partial charge in [0.25, 0.3) is 0 Å². The molecule has 4 nitrogen and oxygen atoms in total. The maximum Gasteiger partial charge on any atom is 0.231 e. The fraction of sp³-hybridized carbons (Fsp3) is 0.222. The van der Waals surface area contributed by atoms with Crippen LogP contribution in [0.15, 0.2) is 48.5 Å². The Morgan fingerprint density at radius 3 is 2.73 bits per heavy atom. The SMILES string of the molecule is COc1ccc2c(c1)CC(C(=O)NCc1ccccc1)C2=O. The quantitative estimate of drug-likeness (QED) is 0.881. The molecule has 0 saturated carbocycles. The van der Waals surface area contributed by atoms with Gasteiger partial charge in [-0.3, -0.25) is 9.59 Å². The summed E-state index contributed by atoms with van der Waals surface area (Å²) in [6.45, 7) is 0.434. The monoisotopic (exact) mass is 295 g/mol. The van der Waals surface area contributed by atoms with E-state index in [2.05, 4.69) is 5.32 Å². The van der Waals surface area contributed by atoms with Gasteiger partial charge in [0, 0.05) is 12.1 Å². The Balaban J connectivity index is 1.68. The van der Waals surface area contributed by atoms with Crippen molar-refractivity contribution < 1.29 is 14.3 Å². The Hall–Kier alpha value is -2.62. The number of hydrogen-bond donors (Lipinski definition) is 1. The van der Waals surface area contributed by atoms with Crippen LogP contribution in [-0.2, 0) is 17.8 Å². The zero-order valence-corrected chi connectivity index (χ0v) is 12.3. The van der Waals surface area contributed by atoms with Gasteiger partial charge in [-0.25, -0.2) is 0 Å². The molecule has 0 aliphatic heterocycles. The van der Waals surface area contributed by atoms with Gasteiger partial charge in [0.15, 0.2) is 5.78 Å². The molecule has 0 bridgehead atoms. The first-order valence-electron chi connectivity index (χ1n) is 7.22. The van der Waals surface area contributed by atoms with Crippen LogP contribution in [0.25, 0.3) is 0 Å². The molecule has 0 radical (unpaired) electrons. The summed E-state index contributed by atoms with van der Waals surface area (Å²) < 4.78 is 5.16. The first-order chi connectivity index (χ1) is 10.7. The summed E-state index contributed by atoms with van der Waals surface area (Å²) in [5.74, 6) is -0.255. The van der Waals surface area contributed by atoms with Gasteiger partial charge in [-0.05, 0) is 35.7 Å². The second-order valence-electron chi connectivity index (χ2n) is 5.35. The Morgan fingerprint density at radius 2 is 2.00 bits per heavy atom. The van der Waals surface area contributed by atoms with Gasteiger partial charge in [0.05, 0.1) is 7.11 Å². The number of ether oxygens (including phenoxy) is 1. The largest absolute Gasteiger partial charge is 0.497 e. The molecule has 3 rings (SSSR count). The highest BCUT2D eigenvalue weighted by molar-refractivity contribution is 6.13. The summed E-state index contributed by atoms with van der Waals surface area (Å²) in [7, 11) is 1.59. The standard InChI is InChI=1S/C18H17NO3/c1-22-14-7-8-15-13(9-14)10-16(17(15)20)18(21)19-11-12-5-3-2-4-6-12/h2-9,16H,10-11H2,1H3,(H,19,21). The first-order valence-corrected chi connectivity index (χ1v) is 7.22. The molecule has 1 unspecified atom stereocenters. The number of carbonyl (C=O) groups excluding carboxylic acids is 2. The van der Waals surface area contributed by atoms with Crippen LogP contribution in [0, 0.1) is 5.92 Å². The van der Waals surface area contributed by atoms with Crippen molar-refractivity contribution in [1.82, 2.24) is 5.32 Å². The van der Waals surface area contributed by atoms with Crippen molar-refractivity contribution in [2.45, 2.75) is 13.0 Å². The zero-order chi connectivity index (χ0) is 15.5. The zero-order valence-electron chi connectivity index (χ0n) is 12.3. The molecule has 2 aromatic rings. The lowest BCUT2D eigenvalue weighted by Gasteiger charge is -2.09. The van der Waals surface area contributed by atoms with Crippen LogP contribution in [0.5, 0.6) is 5.75 Å². The molecule has 1 N–H and O–H groups in total. The lowest BCUT2D eigenvalue weighted by atomic mass is 10.0. The smallest absolute Gasteiger partial charge is 0.231 e. The number of benzene rings is 2. The summed E-state index contributed by atoms with van der Waals surface area (Å²) in [5, 5.41) is 2.84. The first kappa shape index (κ1) is 14.3. The van der Waals surface area contributed by atoms with E-state index in [-0.39, 0.29) is 11.7 Å². The molecule has 0 saturated heterocycles. The third-order valence-corrected chi connectivity index (χ3v) is 3.94. The molecule has 0 heterocycles. The van der Waals surface area contributed by atoms with Crippen LogP contribution >= 0.6 is 0 Å². The van der Waals surface area contributed by atoms with Gasteiger partial charge < -0.3 is 10.1 Å². The van der Waals surface area contributed by atoms with Crippen molar-refractivity contribution in [3.05, 3.63) is 65.2 Å². The molecule has 0 fully saturated rings. The molecule has 0 spiro atoms. The summed E-state index contributed by atoms with van der Waals surface area (Å²) in [6, 6.07) is 15.0. The van der Waals surface area contributed by atoms with E-state index in [9.17, 15) is 9.59 Å². The molecule has 1 amide bonds. The maximum atomic E-state index is 12.3. The van der Waals surface area contributed by atoms with Crippen LogP contribution in [0.4, 0.5) is 0 Å². The second-order valence-corrected chi connectivity index (χ2v) is 5.35. The van der Waals surface area contributed by atoms with Crippen molar-refractivity contribution in [2.24, 2.45) is 5.92 Å². The Kier molecular flexibility index (Phi) is 3.92. The minimum Gasteiger partial charge on any atom is -0.497 e. The minimum absolute atomic E-state index is 0.108. The highest BCUT2D eigenvalue weighted by atomic mass is 16.5. The van der Waals surface area contributed by atoms with E-state index in [1.165, 1.54) is 0 Å². The number of hydrogen-bond acceptors (Lipinski definition) is 3. The second kappa shape index (κ2) is 6.02. The molecule has 2 aromatic carbocycles. The highest BCUT2D eigenvalue weighted by Gasteiger charge is 2.35. The number of fused-ring (bicyclic) bond motifs is 1. The number of Topliss-reactive ketones (excluding diaryl/α,β-unsaturated/α-hetero) is 1. The van der Waals surface area contributed by atoms with Crippen molar-refractivity contribution in [1.29, 1.82) is 0 Å². The predicted octanol–water partition coefficient (Wildman–Crippen LogP) is 2.37. The number of nitrogens with one attached hydrogen (secondary N) is 1. The van der Waals surface area contributed by atoms with Gasteiger partial charge in [-0.2, -0.15) is 0 Å². The number of carbonyl (C=O) groups is 2. The summed E-state index contributed by atoms with van der Waals surface area (Å²) >= 11 is 0. The minimum atomic E-state index is -0.634. The summed E-state index contributed by atoms with van der Waals surface area (Å²) in [6.07, 6.45) is 0.436. The number of ketones is 1. The fourth-order valence-electron chi connectivity index (χ4n) is 2.73. The highest BCUT2D eigenvalue weighted by Crippen LogP contribution is 2.30. The topological polar surface area (TPSA) is 55.4 Å². The number of methoxy groups -OCH3 is 1. The predicted molar refractivity (Wildman–Crippen MR) is 82.8 cm³/mol. The third-order valence-electron chi connectivity index (χ3n) is 3.94. The summed E-state index contributed by atoms with van der Waals surface area (Å²) in [5.41, 5.74) is 2.52. The molecule has 112 valence electrons. The van der Waals surface area contributed by atoms with Gasteiger partial charge in [-0.1, -0.05) is 30.3 Å². The van der Waals surface area contributed by atoms with E-state index in [1.54, 1.807) is 19.2 Å². The molecule has 1 aliphatic carbocycles. The molecular weight excluding hydrogens is 278 g/mol. The Bertz CT molecular complexity index is 710.